The van der Waals surface area contributed by atoms with Gasteiger partial charge in [0.25, 0.3) is 0 Å². The third kappa shape index (κ3) is 2.64. The van der Waals surface area contributed by atoms with Gasteiger partial charge in [0.1, 0.15) is 5.75 Å². The molecule has 0 spiro atoms. The lowest BCUT2D eigenvalue weighted by molar-refractivity contribution is 0.590. The van der Waals surface area contributed by atoms with Gasteiger partial charge in [-0.15, -0.1) is 0 Å². The molecule has 1 aromatic heterocycles. The SMILES string of the molecule is c1ccc(N2c3ccccc3B3Oc4ccccc4-c4cc5c(ccn5-c5ccccc5)c2c43)cc1. The minimum absolute atomic E-state index is 0.162. The minimum atomic E-state index is -0.162. The van der Waals surface area contributed by atoms with Crippen LogP contribution in [-0.2, 0) is 0 Å². The summed E-state index contributed by atoms with van der Waals surface area (Å²) in [7, 11) is 0. The number of hydrogen-bond donors (Lipinski definition) is 0. The maximum absolute atomic E-state index is 6.76. The average Bonchev–Trinajstić information content (AvgIpc) is 3.38. The van der Waals surface area contributed by atoms with Gasteiger partial charge in [0.15, 0.2) is 0 Å². The molecule has 8 rings (SSSR count). The summed E-state index contributed by atoms with van der Waals surface area (Å²) in [5.41, 5.74) is 10.6. The fourth-order valence-corrected chi connectivity index (χ4v) is 5.90. The lowest BCUT2D eigenvalue weighted by atomic mass is 9.49. The van der Waals surface area contributed by atoms with Crippen LogP contribution in [0.1, 0.15) is 0 Å². The molecule has 3 nitrogen and oxygen atoms in total. The molecule has 4 heteroatoms. The van der Waals surface area contributed by atoms with Crippen LogP contribution in [0.15, 0.2) is 128 Å². The summed E-state index contributed by atoms with van der Waals surface area (Å²) in [6, 6.07) is 42.9. The largest absolute Gasteiger partial charge is 0.551 e. The van der Waals surface area contributed by atoms with Gasteiger partial charge in [-0.1, -0.05) is 72.8 Å². The third-order valence-corrected chi connectivity index (χ3v) is 7.42. The molecule has 0 unspecified atom stereocenters. The van der Waals surface area contributed by atoms with E-state index in [0.717, 1.165) is 28.4 Å². The number of nitrogens with zero attached hydrogens (tertiary/aromatic N) is 2. The molecule has 0 fully saturated rings. The van der Waals surface area contributed by atoms with Crippen LogP contribution in [-0.4, -0.2) is 11.5 Å². The molecule has 6 aromatic rings. The Morgan fingerprint density at radius 1 is 0.611 bits per heavy atom. The number of para-hydroxylation sites is 4. The zero-order chi connectivity index (χ0) is 23.6. The van der Waals surface area contributed by atoms with Gasteiger partial charge < -0.3 is 14.1 Å². The molecule has 0 saturated heterocycles. The summed E-state index contributed by atoms with van der Waals surface area (Å²) in [4.78, 5) is 2.42. The smallest absolute Gasteiger partial charge is 0.431 e. The molecule has 0 saturated carbocycles. The maximum atomic E-state index is 6.76. The summed E-state index contributed by atoms with van der Waals surface area (Å²) >= 11 is 0. The Morgan fingerprint density at radius 2 is 1.31 bits per heavy atom. The van der Waals surface area contributed by atoms with Crippen LogP contribution in [0, 0.1) is 0 Å². The second-order valence-corrected chi connectivity index (χ2v) is 9.36. The summed E-state index contributed by atoms with van der Waals surface area (Å²) in [6.07, 6.45) is 2.19. The minimum Gasteiger partial charge on any atom is -0.551 e. The molecule has 36 heavy (non-hydrogen) atoms. The van der Waals surface area contributed by atoms with E-state index in [9.17, 15) is 0 Å². The number of benzene rings is 5. The summed E-state index contributed by atoms with van der Waals surface area (Å²) < 4.78 is 9.05. The number of anilines is 3. The Morgan fingerprint density at radius 3 is 2.14 bits per heavy atom. The van der Waals surface area contributed by atoms with E-state index >= 15 is 0 Å². The van der Waals surface area contributed by atoms with Crippen molar-refractivity contribution in [3.05, 3.63) is 128 Å². The molecule has 0 radical (unpaired) electrons. The summed E-state index contributed by atoms with van der Waals surface area (Å²) in [5.74, 6) is 0.932. The number of aromatic nitrogens is 1. The van der Waals surface area contributed by atoms with Crippen molar-refractivity contribution in [3.8, 4) is 22.6 Å². The van der Waals surface area contributed by atoms with Crippen molar-refractivity contribution in [2.45, 2.75) is 0 Å². The van der Waals surface area contributed by atoms with Gasteiger partial charge in [0, 0.05) is 39.7 Å². The lowest BCUT2D eigenvalue weighted by Gasteiger charge is -2.40. The van der Waals surface area contributed by atoms with Crippen molar-refractivity contribution in [2.75, 3.05) is 4.90 Å². The fraction of sp³-hybridized carbons (Fsp3) is 0. The maximum Gasteiger partial charge on any atom is 0.431 e. The molecule has 0 atom stereocenters. The predicted octanol–water partition coefficient (Wildman–Crippen LogP) is 6.58. The average molecular weight is 460 g/mol. The van der Waals surface area contributed by atoms with Crippen molar-refractivity contribution in [1.29, 1.82) is 0 Å². The molecule has 5 aromatic carbocycles. The molecule has 2 aliphatic rings. The zero-order valence-electron chi connectivity index (χ0n) is 19.5. The topological polar surface area (TPSA) is 17.4 Å². The quantitative estimate of drug-likeness (QED) is 0.272. The second-order valence-electron chi connectivity index (χ2n) is 9.36. The highest BCUT2D eigenvalue weighted by atomic mass is 16.4. The van der Waals surface area contributed by atoms with Crippen molar-refractivity contribution in [1.82, 2.24) is 4.57 Å². The molecule has 2 aliphatic heterocycles. The van der Waals surface area contributed by atoms with E-state index in [-0.39, 0.29) is 6.92 Å². The molecule has 3 heterocycles. The first-order valence-corrected chi connectivity index (χ1v) is 12.3. The fourth-order valence-electron chi connectivity index (χ4n) is 5.90. The highest BCUT2D eigenvalue weighted by Crippen LogP contribution is 2.46. The monoisotopic (exact) mass is 460 g/mol. The Bertz CT molecular complexity index is 1780. The number of rotatable bonds is 2. The summed E-state index contributed by atoms with van der Waals surface area (Å²) in [6.45, 7) is -0.162. The molecule has 0 bridgehead atoms. The van der Waals surface area contributed by atoms with Gasteiger partial charge in [0.05, 0.1) is 11.2 Å². The van der Waals surface area contributed by atoms with Crippen LogP contribution in [0.25, 0.3) is 27.7 Å². The van der Waals surface area contributed by atoms with Crippen LogP contribution in [0.5, 0.6) is 5.75 Å². The Kier molecular flexibility index (Phi) is 4.03. The van der Waals surface area contributed by atoms with Crippen molar-refractivity contribution >= 4 is 45.8 Å². The lowest BCUT2D eigenvalue weighted by Crippen LogP contribution is -2.56. The standard InChI is InChI=1S/C32H21BN2O/c1-3-11-22(12-4-1)34-20-19-25-29(34)21-26-24-15-7-10-18-30(24)36-33-27-16-8-9-17-28(27)35(32(25)31(26)33)23-13-5-2-6-14-23/h1-21H. The first kappa shape index (κ1) is 19.6. The predicted molar refractivity (Wildman–Crippen MR) is 149 cm³/mol. The normalized spacial score (nSPS) is 13.1. The van der Waals surface area contributed by atoms with E-state index in [2.05, 4.69) is 137 Å². The van der Waals surface area contributed by atoms with Crippen LogP contribution in [0.3, 0.4) is 0 Å². The zero-order valence-corrected chi connectivity index (χ0v) is 19.5. The summed E-state index contributed by atoms with van der Waals surface area (Å²) in [5, 5.41) is 1.21. The van der Waals surface area contributed by atoms with Gasteiger partial charge in [0.2, 0.25) is 0 Å². The first-order valence-electron chi connectivity index (χ1n) is 12.3. The molecule has 0 aliphatic carbocycles. The van der Waals surface area contributed by atoms with E-state index in [1.54, 1.807) is 0 Å². The Balaban J connectivity index is 1.54. The Labute approximate surface area is 209 Å². The van der Waals surface area contributed by atoms with Crippen molar-refractivity contribution < 1.29 is 4.65 Å². The third-order valence-electron chi connectivity index (χ3n) is 7.42. The van der Waals surface area contributed by atoms with Crippen LogP contribution in [0.2, 0.25) is 0 Å². The molecule has 0 N–H and O–H groups in total. The van der Waals surface area contributed by atoms with E-state index in [4.69, 9.17) is 4.65 Å². The van der Waals surface area contributed by atoms with E-state index < -0.39 is 0 Å². The molecular weight excluding hydrogens is 439 g/mol. The van der Waals surface area contributed by atoms with Crippen LogP contribution >= 0.6 is 0 Å². The highest BCUT2D eigenvalue weighted by Gasteiger charge is 2.43. The van der Waals surface area contributed by atoms with Crippen molar-refractivity contribution in [2.24, 2.45) is 0 Å². The van der Waals surface area contributed by atoms with E-state index in [1.165, 1.54) is 33.1 Å². The highest BCUT2D eigenvalue weighted by molar-refractivity contribution is 6.86. The van der Waals surface area contributed by atoms with Crippen LogP contribution < -0.4 is 20.5 Å². The van der Waals surface area contributed by atoms with E-state index in [1.807, 2.05) is 0 Å². The van der Waals surface area contributed by atoms with Gasteiger partial charge >= 0.3 is 6.92 Å². The van der Waals surface area contributed by atoms with Gasteiger partial charge in [-0.25, -0.2) is 0 Å². The number of hydrogen-bond acceptors (Lipinski definition) is 2. The second kappa shape index (κ2) is 7.40. The Hall–Kier alpha value is -4.70. The van der Waals surface area contributed by atoms with Crippen molar-refractivity contribution in [3.63, 3.8) is 0 Å². The molecule has 0 amide bonds. The first-order chi connectivity index (χ1) is 17.9. The van der Waals surface area contributed by atoms with Crippen LogP contribution in [0.4, 0.5) is 17.1 Å². The molecular formula is C32H21BN2O. The molecule has 168 valence electrons. The van der Waals surface area contributed by atoms with E-state index in [0.29, 0.717) is 0 Å². The van der Waals surface area contributed by atoms with Gasteiger partial charge in [-0.3, -0.25) is 0 Å². The number of fused-ring (bicyclic) bond motifs is 6. The van der Waals surface area contributed by atoms with Gasteiger partial charge in [-0.05, 0) is 59.6 Å². The van der Waals surface area contributed by atoms with Gasteiger partial charge in [-0.2, -0.15) is 0 Å².